The topological polar surface area (TPSA) is 59.6 Å². The van der Waals surface area contributed by atoms with E-state index in [1.165, 1.54) is 0 Å². The average molecular weight is 364 g/mol. The van der Waals surface area contributed by atoms with Crippen molar-refractivity contribution in [2.24, 2.45) is 0 Å². The van der Waals surface area contributed by atoms with Crippen LogP contribution in [0, 0.1) is 6.92 Å². The maximum Gasteiger partial charge on any atom is 0.246 e. The molecule has 1 atom stereocenters. The predicted molar refractivity (Wildman–Crippen MR) is 110 cm³/mol. The minimum Gasteiger partial charge on any atom is -0.493 e. The van der Waals surface area contributed by atoms with E-state index in [4.69, 9.17) is 9.47 Å². The molecule has 0 saturated carbocycles. The maximum absolute atomic E-state index is 12.6. The molecule has 0 aromatic heterocycles. The van der Waals surface area contributed by atoms with Crippen molar-refractivity contribution in [3.05, 3.63) is 60.2 Å². The molecule has 2 N–H and O–H groups in total. The second kappa shape index (κ2) is 7.99. The number of hydrogen-bond donors (Lipinski definition) is 2. The third-order valence-corrected chi connectivity index (χ3v) is 4.51. The zero-order valence-corrected chi connectivity index (χ0v) is 16.0. The Kier molecular flexibility index (Phi) is 5.50. The van der Waals surface area contributed by atoms with Gasteiger partial charge in [-0.15, -0.1) is 0 Å². The lowest BCUT2D eigenvalue weighted by molar-refractivity contribution is -0.116. The number of rotatable bonds is 6. The zero-order chi connectivity index (χ0) is 19.4. The van der Waals surface area contributed by atoms with Crippen LogP contribution in [0.25, 0.3) is 10.8 Å². The van der Waals surface area contributed by atoms with Crippen LogP contribution in [0.1, 0.15) is 12.5 Å². The van der Waals surface area contributed by atoms with E-state index in [1.54, 1.807) is 14.2 Å². The molecule has 3 aromatic rings. The molecule has 0 radical (unpaired) electrons. The van der Waals surface area contributed by atoms with Crippen LogP contribution in [0.5, 0.6) is 11.5 Å². The molecule has 0 spiro atoms. The van der Waals surface area contributed by atoms with Gasteiger partial charge in [-0.1, -0.05) is 30.3 Å². The number of benzene rings is 3. The number of aryl methyl sites for hydroxylation is 1. The van der Waals surface area contributed by atoms with Crippen molar-refractivity contribution >= 4 is 28.1 Å². The van der Waals surface area contributed by atoms with Crippen LogP contribution in [-0.4, -0.2) is 26.2 Å². The lowest BCUT2D eigenvalue weighted by Crippen LogP contribution is -2.32. The zero-order valence-electron chi connectivity index (χ0n) is 16.0. The molecular weight excluding hydrogens is 340 g/mol. The Labute approximate surface area is 159 Å². The van der Waals surface area contributed by atoms with Gasteiger partial charge in [0.15, 0.2) is 11.5 Å². The summed E-state index contributed by atoms with van der Waals surface area (Å²) in [4.78, 5) is 12.6. The van der Waals surface area contributed by atoms with E-state index in [1.807, 2.05) is 68.4 Å². The first kappa shape index (κ1) is 18.6. The van der Waals surface area contributed by atoms with Gasteiger partial charge in [0.05, 0.1) is 14.2 Å². The second-order valence-corrected chi connectivity index (χ2v) is 6.44. The largest absolute Gasteiger partial charge is 0.493 e. The number of carbonyl (C=O) groups excluding carboxylic acids is 1. The third kappa shape index (κ3) is 4.14. The second-order valence-electron chi connectivity index (χ2n) is 6.44. The van der Waals surface area contributed by atoms with E-state index in [2.05, 4.69) is 10.6 Å². The van der Waals surface area contributed by atoms with Gasteiger partial charge in [0.2, 0.25) is 5.91 Å². The van der Waals surface area contributed by atoms with E-state index >= 15 is 0 Å². The summed E-state index contributed by atoms with van der Waals surface area (Å²) in [5.74, 6) is 1.17. The first-order valence-electron chi connectivity index (χ1n) is 8.80. The summed E-state index contributed by atoms with van der Waals surface area (Å²) in [5.41, 5.74) is 2.57. The summed E-state index contributed by atoms with van der Waals surface area (Å²) in [6.07, 6.45) is 0. The summed E-state index contributed by atoms with van der Waals surface area (Å²) >= 11 is 0. The summed E-state index contributed by atoms with van der Waals surface area (Å²) in [6, 6.07) is 17.2. The number of ether oxygens (including phenoxy) is 2. The Balaban J connectivity index is 1.73. The Morgan fingerprint density at radius 2 is 1.59 bits per heavy atom. The molecule has 3 aromatic carbocycles. The van der Waals surface area contributed by atoms with Gasteiger partial charge >= 0.3 is 0 Å². The smallest absolute Gasteiger partial charge is 0.246 e. The van der Waals surface area contributed by atoms with E-state index in [0.717, 1.165) is 27.7 Å². The van der Waals surface area contributed by atoms with Gasteiger partial charge in [-0.3, -0.25) is 4.79 Å². The molecule has 0 aliphatic heterocycles. The predicted octanol–water partition coefficient (Wildman–Crippen LogP) is 4.60. The number of nitrogens with one attached hydrogen (secondary N) is 2. The monoisotopic (exact) mass is 364 g/mol. The molecular formula is C22H24N2O3. The normalized spacial score (nSPS) is 11.7. The van der Waals surface area contributed by atoms with Crippen LogP contribution in [0.4, 0.5) is 11.4 Å². The number of amides is 1. The Bertz CT molecular complexity index is 969. The van der Waals surface area contributed by atoms with Gasteiger partial charge in [0.25, 0.3) is 0 Å². The Hall–Kier alpha value is -3.21. The van der Waals surface area contributed by atoms with Gasteiger partial charge in [0, 0.05) is 17.4 Å². The molecule has 0 bridgehead atoms. The lowest BCUT2D eigenvalue weighted by atomic mass is 10.1. The van der Waals surface area contributed by atoms with Crippen LogP contribution in [-0.2, 0) is 4.79 Å². The highest BCUT2D eigenvalue weighted by atomic mass is 16.5. The SMILES string of the molecule is COc1cc(C)c(N[C@H](C)C(=O)Nc2ccc3ccccc3c2)cc1OC. The molecule has 27 heavy (non-hydrogen) atoms. The van der Waals surface area contributed by atoms with Gasteiger partial charge < -0.3 is 20.1 Å². The Morgan fingerprint density at radius 3 is 2.30 bits per heavy atom. The van der Waals surface area contributed by atoms with E-state index in [-0.39, 0.29) is 5.91 Å². The number of fused-ring (bicyclic) bond motifs is 1. The van der Waals surface area contributed by atoms with E-state index < -0.39 is 6.04 Å². The van der Waals surface area contributed by atoms with Crippen molar-refractivity contribution in [3.8, 4) is 11.5 Å². The van der Waals surface area contributed by atoms with Crippen LogP contribution in [0.15, 0.2) is 54.6 Å². The number of hydrogen-bond acceptors (Lipinski definition) is 4. The van der Waals surface area contributed by atoms with Crippen LogP contribution in [0.3, 0.4) is 0 Å². The van der Waals surface area contributed by atoms with Crippen LogP contribution >= 0.6 is 0 Å². The molecule has 140 valence electrons. The fourth-order valence-electron chi connectivity index (χ4n) is 2.95. The first-order chi connectivity index (χ1) is 13.0. The lowest BCUT2D eigenvalue weighted by Gasteiger charge is -2.19. The maximum atomic E-state index is 12.6. The van der Waals surface area contributed by atoms with Gasteiger partial charge in [-0.05, 0) is 48.4 Å². The summed E-state index contributed by atoms with van der Waals surface area (Å²) in [7, 11) is 3.19. The summed E-state index contributed by atoms with van der Waals surface area (Å²) in [6.45, 7) is 3.78. The van der Waals surface area contributed by atoms with Crippen molar-refractivity contribution in [2.75, 3.05) is 24.9 Å². The van der Waals surface area contributed by atoms with Gasteiger partial charge in [-0.2, -0.15) is 0 Å². The summed E-state index contributed by atoms with van der Waals surface area (Å²) < 4.78 is 10.7. The van der Waals surface area contributed by atoms with Crippen molar-refractivity contribution in [1.82, 2.24) is 0 Å². The molecule has 0 aliphatic rings. The fraction of sp³-hybridized carbons (Fsp3) is 0.227. The molecule has 0 unspecified atom stereocenters. The average Bonchev–Trinajstić information content (AvgIpc) is 2.68. The quantitative estimate of drug-likeness (QED) is 0.671. The number of anilines is 2. The minimum absolute atomic E-state index is 0.112. The van der Waals surface area contributed by atoms with Gasteiger partial charge in [-0.25, -0.2) is 0 Å². The molecule has 0 heterocycles. The molecule has 0 fully saturated rings. The van der Waals surface area contributed by atoms with Crippen molar-refractivity contribution in [2.45, 2.75) is 19.9 Å². The van der Waals surface area contributed by atoms with E-state index in [9.17, 15) is 4.79 Å². The Morgan fingerprint density at radius 1 is 0.926 bits per heavy atom. The minimum atomic E-state index is -0.423. The van der Waals surface area contributed by atoms with Crippen molar-refractivity contribution < 1.29 is 14.3 Å². The highest BCUT2D eigenvalue weighted by Crippen LogP contribution is 2.33. The molecule has 5 heteroatoms. The van der Waals surface area contributed by atoms with E-state index in [0.29, 0.717) is 11.5 Å². The highest BCUT2D eigenvalue weighted by molar-refractivity contribution is 5.98. The fourth-order valence-corrected chi connectivity index (χ4v) is 2.95. The highest BCUT2D eigenvalue weighted by Gasteiger charge is 2.16. The van der Waals surface area contributed by atoms with Crippen LogP contribution < -0.4 is 20.1 Å². The van der Waals surface area contributed by atoms with Crippen LogP contribution in [0.2, 0.25) is 0 Å². The molecule has 3 rings (SSSR count). The van der Waals surface area contributed by atoms with Crippen molar-refractivity contribution in [1.29, 1.82) is 0 Å². The number of carbonyl (C=O) groups is 1. The van der Waals surface area contributed by atoms with Gasteiger partial charge in [0.1, 0.15) is 6.04 Å². The summed E-state index contributed by atoms with van der Waals surface area (Å²) in [5, 5.41) is 8.44. The standard InChI is InChI=1S/C22H24N2O3/c1-14-11-20(26-3)21(27-4)13-19(14)23-15(2)22(25)24-18-10-9-16-7-5-6-8-17(16)12-18/h5-13,15,23H,1-4H3,(H,24,25)/t15-/m1/s1. The number of methoxy groups -OCH3 is 2. The molecule has 0 saturated heterocycles. The molecule has 5 nitrogen and oxygen atoms in total. The molecule has 0 aliphatic carbocycles. The first-order valence-corrected chi connectivity index (χ1v) is 8.80. The third-order valence-electron chi connectivity index (χ3n) is 4.51. The van der Waals surface area contributed by atoms with Crippen molar-refractivity contribution in [3.63, 3.8) is 0 Å². The molecule has 1 amide bonds.